The van der Waals surface area contributed by atoms with Crippen LogP contribution in [-0.4, -0.2) is 24.7 Å². The SMILES string of the molecule is Cc1ccc(S(=O)(=O)N[C@H](C)[C@@H](O[S+]([O-])/N=C(\CC(C)C)C2(c3ccc(Cl)cc3)CCC2)c2ccccc2)cc1. The Hall–Kier alpha value is -2.20. The van der Waals surface area contributed by atoms with Crippen LogP contribution in [0.5, 0.6) is 0 Å². The van der Waals surface area contributed by atoms with Crippen molar-refractivity contribution >= 4 is 39.0 Å². The molecule has 40 heavy (non-hydrogen) atoms. The first-order valence-electron chi connectivity index (χ1n) is 13.6. The van der Waals surface area contributed by atoms with E-state index in [-0.39, 0.29) is 10.3 Å². The summed E-state index contributed by atoms with van der Waals surface area (Å²) < 4.78 is 53.3. The Labute approximate surface area is 246 Å². The van der Waals surface area contributed by atoms with Crippen molar-refractivity contribution in [3.8, 4) is 0 Å². The summed E-state index contributed by atoms with van der Waals surface area (Å²) in [5.41, 5.74) is 3.30. The Morgan fingerprint density at radius 1 is 1.02 bits per heavy atom. The Morgan fingerprint density at radius 3 is 2.20 bits per heavy atom. The number of hydrogen-bond donors (Lipinski definition) is 1. The molecule has 0 aromatic heterocycles. The first kappa shape index (κ1) is 30.8. The van der Waals surface area contributed by atoms with Gasteiger partial charge in [0.1, 0.15) is 0 Å². The zero-order valence-electron chi connectivity index (χ0n) is 23.3. The summed E-state index contributed by atoms with van der Waals surface area (Å²) in [6, 6.07) is 22.9. The Kier molecular flexibility index (Phi) is 10.1. The van der Waals surface area contributed by atoms with E-state index in [0.29, 0.717) is 22.9 Å². The molecule has 214 valence electrons. The molecule has 3 aromatic carbocycles. The minimum absolute atomic E-state index is 0.157. The normalized spacial score (nSPS) is 17.7. The molecule has 1 fully saturated rings. The Balaban J connectivity index is 1.63. The largest absolute Gasteiger partial charge is 0.559 e. The van der Waals surface area contributed by atoms with Crippen LogP contribution in [0.15, 0.2) is 88.2 Å². The van der Waals surface area contributed by atoms with E-state index in [9.17, 15) is 13.0 Å². The molecule has 9 heteroatoms. The van der Waals surface area contributed by atoms with Gasteiger partial charge in [0, 0.05) is 10.4 Å². The molecule has 0 spiro atoms. The van der Waals surface area contributed by atoms with E-state index in [1.165, 1.54) is 0 Å². The number of nitrogens with zero attached hydrogens (tertiary/aromatic N) is 1. The van der Waals surface area contributed by atoms with Crippen molar-refractivity contribution in [2.45, 2.75) is 75.8 Å². The van der Waals surface area contributed by atoms with Crippen molar-refractivity contribution < 1.29 is 17.2 Å². The van der Waals surface area contributed by atoms with Crippen LogP contribution in [0.2, 0.25) is 5.02 Å². The summed E-state index contributed by atoms with van der Waals surface area (Å²) in [7, 11) is -3.84. The number of nitrogens with one attached hydrogen (secondary N) is 1. The molecule has 1 N–H and O–H groups in total. The highest BCUT2D eigenvalue weighted by Crippen LogP contribution is 2.47. The van der Waals surface area contributed by atoms with Crippen LogP contribution < -0.4 is 4.72 Å². The molecule has 6 nitrogen and oxygen atoms in total. The zero-order valence-corrected chi connectivity index (χ0v) is 25.7. The molecule has 1 unspecified atom stereocenters. The molecule has 0 saturated heterocycles. The quantitative estimate of drug-likeness (QED) is 0.175. The lowest BCUT2D eigenvalue weighted by molar-refractivity contribution is 0.180. The van der Waals surface area contributed by atoms with Crippen LogP contribution in [-0.2, 0) is 31.3 Å². The van der Waals surface area contributed by atoms with Crippen LogP contribution in [0.3, 0.4) is 0 Å². The lowest BCUT2D eigenvalue weighted by Gasteiger charge is -2.43. The first-order chi connectivity index (χ1) is 19.0. The van der Waals surface area contributed by atoms with Gasteiger partial charge in [-0.2, -0.15) is 0 Å². The summed E-state index contributed by atoms with van der Waals surface area (Å²) in [5, 5.41) is 0.667. The standard InChI is InChI=1S/C31H37ClN2O4S2/c1-22(2)21-29(31(19-8-20-31)26-13-15-27(32)16-14-26)33-39(35)38-30(25-9-6-5-7-10-25)24(4)34-40(36,37)28-17-11-23(3)12-18-28/h5-7,9-18,22,24,30,34H,8,19-21H2,1-4H3/b33-29+/t24-,30-,39?/m1/s1. The topological polar surface area (TPSA) is 90.8 Å². The first-order valence-corrected chi connectivity index (χ1v) is 16.5. The summed E-state index contributed by atoms with van der Waals surface area (Å²) >= 11 is 4.10. The molecule has 0 aliphatic heterocycles. The van der Waals surface area contributed by atoms with Gasteiger partial charge in [-0.15, -0.1) is 4.18 Å². The van der Waals surface area contributed by atoms with Crippen molar-refractivity contribution in [3.63, 3.8) is 0 Å². The van der Waals surface area contributed by atoms with Crippen LogP contribution in [0.1, 0.15) is 69.2 Å². The number of hydrogen-bond acceptors (Lipinski definition) is 5. The second-order valence-electron chi connectivity index (χ2n) is 10.9. The van der Waals surface area contributed by atoms with E-state index < -0.39 is 33.8 Å². The highest BCUT2D eigenvalue weighted by atomic mass is 35.5. The summed E-state index contributed by atoms with van der Waals surface area (Å²) in [6.45, 7) is 7.83. The third kappa shape index (κ3) is 7.35. The van der Waals surface area contributed by atoms with E-state index in [1.54, 1.807) is 31.2 Å². The summed E-state index contributed by atoms with van der Waals surface area (Å²) in [6.07, 6.45) is 2.71. The maximum Gasteiger partial charge on any atom is 0.271 e. The molecular weight excluding hydrogens is 564 g/mol. The summed E-state index contributed by atoms with van der Waals surface area (Å²) in [5.74, 6) is 0.297. The number of aryl methyl sites for hydroxylation is 1. The van der Waals surface area contributed by atoms with Crippen LogP contribution in [0, 0.1) is 12.8 Å². The molecule has 0 bridgehead atoms. The number of sulfonamides is 1. The van der Waals surface area contributed by atoms with Gasteiger partial charge in [-0.25, -0.2) is 13.1 Å². The van der Waals surface area contributed by atoms with Crippen molar-refractivity contribution in [3.05, 3.63) is 101 Å². The van der Waals surface area contributed by atoms with E-state index in [4.69, 9.17) is 15.8 Å². The minimum atomic E-state index is -3.84. The zero-order chi connectivity index (χ0) is 28.9. The smallest absolute Gasteiger partial charge is 0.271 e. The van der Waals surface area contributed by atoms with Gasteiger partial charge in [0.05, 0.1) is 16.6 Å². The summed E-state index contributed by atoms with van der Waals surface area (Å²) in [4.78, 5) is 0.157. The predicted molar refractivity (Wildman–Crippen MR) is 163 cm³/mol. The maximum absolute atomic E-state index is 13.6. The van der Waals surface area contributed by atoms with Crippen molar-refractivity contribution in [2.24, 2.45) is 10.3 Å². The third-order valence-corrected chi connectivity index (χ3v) is 9.95. The highest BCUT2D eigenvalue weighted by molar-refractivity contribution is 7.89. The van der Waals surface area contributed by atoms with E-state index >= 15 is 0 Å². The van der Waals surface area contributed by atoms with Gasteiger partial charge in [-0.1, -0.05) is 92.0 Å². The van der Waals surface area contributed by atoms with Crippen molar-refractivity contribution in [2.75, 3.05) is 0 Å². The second-order valence-corrected chi connectivity index (χ2v) is 13.9. The van der Waals surface area contributed by atoms with Gasteiger partial charge in [-0.3, -0.25) is 0 Å². The van der Waals surface area contributed by atoms with E-state index in [1.807, 2.05) is 61.5 Å². The molecule has 1 aliphatic carbocycles. The van der Waals surface area contributed by atoms with Gasteiger partial charge in [0.25, 0.3) is 11.6 Å². The fourth-order valence-corrected chi connectivity index (χ4v) is 7.41. The molecule has 1 saturated carbocycles. The fraction of sp³-hybridized carbons (Fsp3) is 0.387. The Bertz CT molecular complexity index is 1390. The minimum Gasteiger partial charge on any atom is -0.559 e. The molecule has 0 heterocycles. The molecular formula is C31H37ClN2O4S2. The van der Waals surface area contributed by atoms with E-state index in [2.05, 4.69) is 23.0 Å². The van der Waals surface area contributed by atoms with Crippen LogP contribution in [0.25, 0.3) is 0 Å². The van der Waals surface area contributed by atoms with Gasteiger partial charge >= 0.3 is 0 Å². The molecule has 4 rings (SSSR count). The van der Waals surface area contributed by atoms with Gasteiger partial charge in [-0.05, 0) is 78.8 Å². The van der Waals surface area contributed by atoms with Gasteiger partial charge < -0.3 is 4.55 Å². The lowest BCUT2D eigenvalue weighted by atomic mass is 9.60. The van der Waals surface area contributed by atoms with Crippen molar-refractivity contribution in [1.29, 1.82) is 0 Å². The number of rotatable bonds is 12. The molecule has 0 amide bonds. The Morgan fingerprint density at radius 2 is 1.65 bits per heavy atom. The predicted octanol–water partition coefficient (Wildman–Crippen LogP) is 7.26. The highest BCUT2D eigenvalue weighted by Gasteiger charge is 2.45. The number of benzene rings is 3. The number of halogens is 1. The van der Waals surface area contributed by atoms with Crippen LogP contribution in [0.4, 0.5) is 0 Å². The molecule has 0 radical (unpaired) electrons. The molecule has 1 aliphatic rings. The van der Waals surface area contributed by atoms with Crippen molar-refractivity contribution in [1.82, 2.24) is 4.72 Å². The molecule has 3 aromatic rings. The van der Waals surface area contributed by atoms with E-state index in [0.717, 1.165) is 36.1 Å². The maximum atomic E-state index is 13.6. The average molecular weight is 601 g/mol. The van der Waals surface area contributed by atoms with Gasteiger partial charge in [0.2, 0.25) is 10.0 Å². The van der Waals surface area contributed by atoms with Crippen LogP contribution >= 0.6 is 11.6 Å². The molecule has 3 atom stereocenters. The second kappa shape index (κ2) is 13.2. The monoisotopic (exact) mass is 600 g/mol. The lowest BCUT2D eigenvalue weighted by Crippen LogP contribution is -2.44. The van der Waals surface area contributed by atoms with Gasteiger partial charge in [0.15, 0.2) is 6.10 Å². The fourth-order valence-electron chi connectivity index (χ4n) is 5.11. The third-order valence-electron chi connectivity index (χ3n) is 7.38. The average Bonchev–Trinajstić information content (AvgIpc) is 2.88.